The van der Waals surface area contributed by atoms with Crippen LogP contribution in [0.4, 0.5) is 0 Å². The molecule has 0 amide bonds. The predicted octanol–water partition coefficient (Wildman–Crippen LogP) is 6.00. The van der Waals surface area contributed by atoms with E-state index in [-0.39, 0.29) is 45.3 Å². The molecule has 0 fully saturated rings. The van der Waals surface area contributed by atoms with Crippen molar-refractivity contribution in [2.24, 2.45) is 7.05 Å². The number of imidazole rings is 3. The Morgan fingerprint density at radius 1 is 0.613 bits per heavy atom. The van der Waals surface area contributed by atoms with Gasteiger partial charge >= 0.3 is 41.8 Å². The van der Waals surface area contributed by atoms with E-state index in [0.717, 1.165) is 53.4 Å². The molecule has 11 heterocycles. The number of aromatic nitrogens is 13. The van der Waals surface area contributed by atoms with Gasteiger partial charge in [0.15, 0.2) is 11.4 Å². The first-order valence-electron chi connectivity index (χ1n) is 23.1. The third kappa shape index (κ3) is 17.6. The number of pyridine rings is 4. The third-order valence-electron chi connectivity index (χ3n) is 10.5. The average molecular weight is 1120 g/mol. The molecule has 0 unspecified atom stereocenters. The highest BCUT2D eigenvalue weighted by atomic mass is 32.1. The minimum absolute atomic E-state index is 0.0706. The summed E-state index contributed by atoms with van der Waals surface area (Å²) in [5, 5.41) is 78.3. The minimum Gasteiger partial charge on any atom is -0.478 e. The number of rotatable bonds is 9. The Hall–Kier alpha value is -10.8. The van der Waals surface area contributed by atoms with Crippen molar-refractivity contribution in [1.29, 1.82) is 0 Å². The van der Waals surface area contributed by atoms with Gasteiger partial charge in [-0.3, -0.25) is 19.7 Å². The zero-order valence-corrected chi connectivity index (χ0v) is 43.2. The summed E-state index contributed by atoms with van der Waals surface area (Å²) in [5.41, 5.74) is 5.17. The summed E-state index contributed by atoms with van der Waals surface area (Å²) in [4.78, 5) is 97.4. The van der Waals surface area contributed by atoms with Gasteiger partial charge in [0.25, 0.3) is 0 Å². The summed E-state index contributed by atoms with van der Waals surface area (Å²) < 4.78 is 6.73. The summed E-state index contributed by atoms with van der Waals surface area (Å²) in [5.74, 6) is -5.83. The molecule has 0 aromatic carbocycles. The molecule has 0 saturated carbocycles. The molecule has 10 aromatic rings. The fourth-order valence-electron chi connectivity index (χ4n) is 6.60. The number of H-pyrrole nitrogens is 1. The molecule has 1 aliphatic rings. The summed E-state index contributed by atoms with van der Waals surface area (Å²) in [6.45, 7) is 4.21. The van der Waals surface area contributed by atoms with E-state index in [0.29, 0.717) is 17.0 Å². The number of nitrogens with zero attached hydrogens (tertiary/aromatic N) is 12. The number of aromatic amines is 1. The van der Waals surface area contributed by atoms with Gasteiger partial charge < -0.3 is 54.2 Å². The van der Waals surface area contributed by atoms with Crippen molar-refractivity contribution in [2.75, 3.05) is 0 Å². The zero-order valence-electron chi connectivity index (χ0n) is 42.4. The quantitative estimate of drug-likeness (QED) is 0.0799. The molecule has 1 aliphatic heterocycles. The molecule has 28 nitrogen and oxygen atoms in total. The van der Waals surface area contributed by atoms with Crippen molar-refractivity contribution in [1.82, 2.24) is 63.3 Å². The molecule has 0 bridgehead atoms. The molecule has 0 saturated heterocycles. The fourth-order valence-corrected chi connectivity index (χ4v) is 7.49. The van der Waals surface area contributed by atoms with Gasteiger partial charge in [-0.05, 0) is 69.2 Å². The van der Waals surface area contributed by atoms with Crippen molar-refractivity contribution < 1.29 is 74.4 Å². The molecule has 414 valence electrons. The molecule has 0 radical (unpaired) electrons. The maximum Gasteiger partial charge on any atom is 0.365 e. The summed E-state index contributed by atoms with van der Waals surface area (Å²) in [6, 6.07) is 15.2. The maximum absolute atomic E-state index is 10.7. The van der Waals surface area contributed by atoms with Gasteiger partial charge in [0.05, 0.1) is 52.0 Å². The second-order valence-electron chi connectivity index (χ2n) is 16.2. The highest BCUT2D eigenvalue weighted by Gasteiger charge is 2.16. The summed E-state index contributed by atoms with van der Waals surface area (Å²) in [6.07, 6.45) is 21.5. The van der Waals surface area contributed by atoms with Crippen LogP contribution in [0, 0.1) is 13.8 Å². The number of carboxylic acids is 7. The average Bonchev–Trinajstić information content (AvgIpc) is 4.32. The SMILES string of the molecule is Cc1[nH]ncc1C(=O)O.Cc1nc(C(=O)O)sc1-c1cccnc1.Cn1cc(C(=O)O)cn1.O=C(O)c1ccc(CO)nc1.O=C(O)c1ccc2nccn2c1.O=C(O)c1cn2c(n1)CCCC2.O=C(O)c1cn2ccccc2n1. The summed E-state index contributed by atoms with van der Waals surface area (Å²) >= 11 is 1.17. The van der Waals surface area contributed by atoms with Crippen LogP contribution in [0.25, 0.3) is 21.7 Å². The molecule has 0 atom stereocenters. The molecular weight excluding hydrogens is 1070 g/mol. The Bertz CT molecular complexity index is 3660. The molecule has 80 heavy (non-hydrogen) atoms. The maximum atomic E-state index is 10.7. The van der Waals surface area contributed by atoms with Crippen LogP contribution in [0.5, 0.6) is 0 Å². The Balaban J connectivity index is 0.000000173. The molecule has 9 N–H and O–H groups in total. The lowest BCUT2D eigenvalue weighted by Gasteiger charge is -2.11. The van der Waals surface area contributed by atoms with E-state index in [4.69, 9.17) is 40.9 Å². The number of carboxylic acid groups (broad SMARTS) is 7. The normalized spacial score (nSPS) is 10.8. The van der Waals surface area contributed by atoms with Crippen LogP contribution in [0.3, 0.4) is 0 Å². The largest absolute Gasteiger partial charge is 0.478 e. The van der Waals surface area contributed by atoms with E-state index in [9.17, 15) is 33.6 Å². The summed E-state index contributed by atoms with van der Waals surface area (Å²) in [7, 11) is 1.67. The van der Waals surface area contributed by atoms with E-state index >= 15 is 0 Å². The van der Waals surface area contributed by atoms with Gasteiger partial charge in [-0.2, -0.15) is 10.2 Å². The van der Waals surface area contributed by atoms with Crippen LogP contribution in [-0.2, 0) is 26.6 Å². The molecule has 29 heteroatoms. The highest BCUT2D eigenvalue weighted by Crippen LogP contribution is 2.29. The molecule has 0 aliphatic carbocycles. The first kappa shape index (κ1) is 60.1. The van der Waals surface area contributed by atoms with Gasteiger partial charge in [0.1, 0.15) is 22.7 Å². The number of fused-ring (bicyclic) bond motifs is 3. The molecule has 11 rings (SSSR count). The molecule has 0 spiro atoms. The lowest BCUT2D eigenvalue weighted by Crippen LogP contribution is -2.08. The lowest BCUT2D eigenvalue weighted by molar-refractivity contribution is 0.0680. The van der Waals surface area contributed by atoms with E-state index in [1.165, 1.54) is 71.4 Å². The molecular formula is C51H49N13O15S. The first-order valence-corrected chi connectivity index (χ1v) is 23.9. The van der Waals surface area contributed by atoms with E-state index < -0.39 is 41.8 Å². The fraction of sp³-hybridized carbons (Fsp3) is 0.157. The van der Waals surface area contributed by atoms with Gasteiger partial charge in [0.2, 0.25) is 5.01 Å². The number of aromatic carboxylic acids is 7. The van der Waals surface area contributed by atoms with E-state index in [1.807, 2.05) is 28.8 Å². The van der Waals surface area contributed by atoms with Gasteiger partial charge in [0, 0.05) is 93.2 Å². The first-order chi connectivity index (χ1) is 38.1. The van der Waals surface area contributed by atoms with Crippen LogP contribution in [0.15, 0.2) is 129 Å². The number of thiazole rings is 1. The van der Waals surface area contributed by atoms with Crippen LogP contribution >= 0.6 is 11.3 Å². The number of aliphatic hydroxyl groups is 1. The van der Waals surface area contributed by atoms with Crippen molar-refractivity contribution in [3.8, 4) is 10.4 Å². The van der Waals surface area contributed by atoms with Crippen molar-refractivity contribution in [3.63, 3.8) is 0 Å². The molecule has 10 aromatic heterocycles. The Labute approximate surface area is 454 Å². The van der Waals surface area contributed by atoms with Gasteiger partial charge in [-0.25, -0.2) is 53.5 Å². The number of carbonyl (C=O) groups is 7. The number of hydrogen-bond acceptors (Lipinski definition) is 17. The highest BCUT2D eigenvalue weighted by molar-refractivity contribution is 7.17. The monoisotopic (exact) mass is 1120 g/mol. The minimum atomic E-state index is -1.01. The smallest absolute Gasteiger partial charge is 0.365 e. The number of aryl methyl sites for hydroxylation is 5. The third-order valence-corrected chi connectivity index (χ3v) is 11.7. The van der Waals surface area contributed by atoms with Crippen molar-refractivity contribution >= 4 is 64.4 Å². The van der Waals surface area contributed by atoms with Crippen molar-refractivity contribution in [2.45, 2.75) is 46.3 Å². The lowest BCUT2D eigenvalue weighted by atomic mass is 10.2. The van der Waals surface area contributed by atoms with Crippen LogP contribution in [0.1, 0.15) is 108 Å². The number of hydrogen-bond donors (Lipinski definition) is 9. The van der Waals surface area contributed by atoms with Crippen LogP contribution in [-0.4, -0.2) is 146 Å². The predicted molar refractivity (Wildman–Crippen MR) is 281 cm³/mol. The standard InChI is InChI=1S/C10H8N2O2S.C8H6N2O2.C8H10N2O2.C8H6N2O2.C7H7NO3.2C5H6N2O2/c1-6-8(7-3-2-4-11-5-7)15-9(12-6)10(13)14;11-8(12)6-1-2-7-9-3-4-10(7)5-6;2*11-8(12)6-5-10-4-2-1-3-7(10)9-6;9-4-6-2-1-5(3-8-6)7(10)11;1-7-3-4(2-6-7)5(8)9;1-3-4(5(8)9)2-6-7-3/h2-5H,1H3,(H,13,14);1-5H,(H,11,12);5H,1-4H2,(H,11,12);1-5H,(H,11,12);1-3,9H,4H2,(H,10,11);2-3H,1H3,(H,8,9);2H,1H3,(H,6,7)(H,8,9). The Kier molecular flexibility index (Phi) is 21.7. The van der Waals surface area contributed by atoms with Crippen molar-refractivity contribution in [3.05, 3.63) is 191 Å². The zero-order chi connectivity index (χ0) is 58.5. The van der Waals surface area contributed by atoms with Crippen LogP contribution < -0.4 is 0 Å². The number of aliphatic hydroxyl groups excluding tert-OH is 1. The van der Waals surface area contributed by atoms with E-state index in [2.05, 4.69) is 45.2 Å². The number of nitrogens with one attached hydrogen (secondary N) is 1. The second-order valence-corrected chi connectivity index (χ2v) is 17.2. The Morgan fingerprint density at radius 3 is 1.82 bits per heavy atom. The second kappa shape index (κ2) is 28.9. The van der Waals surface area contributed by atoms with Gasteiger partial charge in [-0.1, -0.05) is 12.1 Å². The van der Waals surface area contributed by atoms with Crippen LogP contribution in [0.2, 0.25) is 0 Å². The van der Waals surface area contributed by atoms with Gasteiger partial charge in [-0.15, -0.1) is 11.3 Å². The van der Waals surface area contributed by atoms with E-state index in [1.54, 1.807) is 79.0 Å². The topological polar surface area (TPSA) is 419 Å². The Morgan fingerprint density at radius 2 is 1.31 bits per heavy atom.